The van der Waals surface area contributed by atoms with Crippen molar-refractivity contribution in [1.82, 2.24) is 0 Å². The number of aliphatic carboxylic acids is 1. The van der Waals surface area contributed by atoms with E-state index in [1.807, 2.05) is 0 Å². The standard InChI is InChI=1S/C14H20F2O4/c15-14(16,13(17)18)6-19-7-20-12-10-2-8-1-9(4-10)5-11(12)3-8/h8-12H,1-7H2,(H,17,18). The molecule has 0 aromatic rings. The number of carboxylic acids is 1. The summed E-state index contributed by atoms with van der Waals surface area (Å²) >= 11 is 0. The molecule has 0 saturated heterocycles. The predicted octanol–water partition coefficient (Wildman–Crippen LogP) is 2.52. The van der Waals surface area contributed by atoms with E-state index in [0.717, 1.165) is 11.8 Å². The van der Waals surface area contributed by atoms with Crippen LogP contribution in [0.15, 0.2) is 0 Å². The average molecular weight is 290 g/mol. The third-order valence-corrected chi connectivity index (χ3v) is 5.08. The van der Waals surface area contributed by atoms with Crippen molar-refractivity contribution in [2.75, 3.05) is 13.4 Å². The zero-order valence-corrected chi connectivity index (χ0v) is 11.3. The summed E-state index contributed by atoms with van der Waals surface area (Å²) in [6.07, 6.45) is 6.19. The van der Waals surface area contributed by atoms with Crippen molar-refractivity contribution in [3.05, 3.63) is 0 Å². The molecule has 0 aliphatic heterocycles. The van der Waals surface area contributed by atoms with E-state index in [4.69, 9.17) is 14.6 Å². The van der Waals surface area contributed by atoms with Gasteiger partial charge in [-0.15, -0.1) is 0 Å². The average Bonchev–Trinajstić information content (AvgIpc) is 2.36. The number of halogens is 2. The highest BCUT2D eigenvalue weighted by atomic mass is 19.3. The van der Waals surface area contributed by atoms with Gasteiger partial charge in [-0.25, -0.2) is 4.79 Å². The van der Waals surface area contributed by atoms with Gasteiger partial charge in [0, 0.05) is 0 Å². The molecule has 6 heteroatoms. The van der Waals surface area contributed by atoms with Crippen LogP contribution >= 0.6 is 0 Å². The van der Waals surface area contributed by atoms with Gasteiger partial charge in [-0.2, -0.15) is 8.78 Å². The molecular formula is C14H20F2O4. The Bertz CT molecular complexity index is 357. The van der Waals surface area contributed by atoms with Crippen LogP contribution in [0.1, 0.15) is 32.1 Å². The Hall–Kier alpha value is -0.750. The largest absolute Gasteiger partial charge is 0.477 e. The van der Waals surface area contributed by atoms with E-state index in [2.05, 4.69) is 0 Å². The Labute approximate surface area is 116 Å². The van der Waals surface area contributed by atoms with Gasteiger partial charge in [0.2, 0.25) is 0 Å². The molecule has 0 aromatic heterocycles. The molecule has 4 aliphatic rings. The molecule has 0 aromatic carbocycles. The van der Waals surface area contributed by atoms with E-state index >= 15 is 0 Å². The smallest absolute Gasteiger partial charge is 0.377 e. The fourth-order valence-electron chi connectivity index (χ4n) is 4.51. The van der Waals surface area contributed by atoms with Gasteiger partial charge >= 0.3 is 11.9 Å². The van der Waals surface area contributed by atoms with Crippen molar-refractivity contribution < 1.29 is 28.2 Å². The van der Waals surface area contributed by atoms with Gasteiger partial charge in [0.25, 0.3) is 0 Å². The number of alkyl halides is 2. The van der Waals surface area contributed by atoms with Gasteiger partial charge < -0.3 is 14.6 Å². The van der Waals surface area contributed by atoms with E-state index in [0.29, 0.717) is 11.8 Å². The van der Waals surface area contributed by atoms with Gasteiger partial charge in [-0.1, -0.05) is 0 Å². The van der Waals surface area contributed by atoms with Crippen LogP contribution in [0.2, 0.25) is 0 Å². The minimum Gasteiger partial charge on any atom is -0.477 e. The van der Waals surface area contributed by atoms with Crippen LogP contribution in [0.5, 0.6) is 0 Å². The van der Waals surface area contributed by atoms with Gasteiger partial charge in [0.05, 0.1) is 6.10 Å². The van der Waals surface area contributed by atoms with Crippen molar-refractivity contribution in [2.24, 2.45) is 23.7 Å². The van der Waals surface area contributed by atoms with Crippen LogP contribution in [0.4, 0.5) is 8.78 Å². The molecule has 20 heavy (non-hydrogen) atoms. The lowest BCUT2D eigenvalue weighted by atomic mass is 9.55. The number of carboxylic acid groups (broad SMARTS) is 1. The van der Waals surface area contributed by atoms with E-state index in [1.54, 1.807) is 0 Å². The maximum Gasteiger partial charge on any atom is 0.377 e. The minimum absolute atomic E-state index is 0.112. The molecule has 4 rings (SSSR count). The molecular weight excluding hydrogens is 270 g/mol. The second-order valence-electron chi connectivity index (χ2n) is 6.54. The fourth-order valence-corrected chi connectivity index (χ4v) is 4.51. The molecule has 0 heterocycles. The number of hydrogen-bond donors (Lipinski definition) is 1. The summed E-state index contributed by atoms with van der Waals surface area (Å²) in [5.74, 6) is -3.27. The first-order valence-electron chi connectivity index (χ1n) is 7.26. The monoisotopic (exact) mass is 290 g/mol. The molecule has 4 nitrogen and oxygen atoms in total. The van der Waals surface area contributed by atoms with Gasteiger partial charge in [-0.05, 0) is 55.8 Å². The summed E-state index contributed by atoms with van der Waals surface area (Å²) in [6, 6.07) is 0. The zero-order chi connectivity index (χ0) is 14.3. The molecule has 0 amide bonds. The molecule has 4 fully saturated rings. The summed E-state index contributed by atoms with van der Waals surface area (Å²) in [4.78, 5) is 10.2. The number of ether oxygens (including phenoxy) is 2. The quantitative estimate of drug-likeness (QED) is 0.603. The van der Waals surface area contributed by atoms with Gasteiger partial charge in [0.1, 0.15) is 13.4 Å². The summed E-state index contributed by atoms with van der Waals surface area (Å²) in [6.45, 7) is -1.37. The lowest BCUT2D eigenvalue weighted by Gasteiger charge is -2.53. The van der Waals surface area contributed by atoms with Crippen LogP contribution in [0.3, 0.4) is 0 Å². The molecule has 1 N–H and O–H groups in total. The minimum atomic E-state index is -3.84. The summed E-state index contributed by atoms with van der Waals surface area (Å²) in [5.41, 5.74) is 0. The van der Waals surface area contributed by atoms with Gasteiger partial charge in [-0.3, -0.25) is 0 Å². The molecule has 114 valence electrons. The normalized spacial score (nSPS) is 39.2. The van der Waals surface area contributed by atoms with Crippen molar-refractivity contribution in [2.45, 2.75) is 44.1 Å². The highest BCUT2D eigenvalue weighted by molar-refractivity contribution is 5.75. The molecule has 0 spiro atoms. The van der Waals surface area contributed by atoms with Crippen LogP contribution < -0.4 is 0 Å². The van der Waals surface area contributed by atoms with Gasteiger partial charge in [0.15, 0.2) is 0 Å². The summed E-state index contributed by atoms with van der Waals surface area (Å²) < 4.78 is 36.0. The van der Waals surface area contributed by atoms with E-state index in [1.165, 1.54) is 32.1 Å². The van der Waals surface area contributed by atoms with Crippen molar-refractivity contribution in [3.8, 4) is 0 Å². The lowest BCUT2D eigenvalue weighted by Crippen LogP contribution is -2.49. The molecule has 4 saturated carbocycles. The van der Waals surface area contributed by atoms with Crippen molar-refractivity contribution in [1.29, 1.82) is 0 Å². The second kappa shape index (κ2) is 5.22. The van der Waals surface area contributed by atoms with Crippen LogP contribution in [-0.2, 0) is 14.3 Å². The Morgan fingerprint density at radius 3 is 2.15 bits per heavy atom. The van der Waals surface area contributed by atoms with E-state index in [-0.39, 0.29) is 12.9 Å². The molecule has 0 atom stereocenters. The van der Waals surface area contributed by atoms with E-state index in [9.17, 15) is 13.6 Å². The summed E-state index contributed by atoms with van der Waals surface area (Å²) in [7, 11) is 0. The Morgan fingerprint density at radius 2 is 1.65 bits per heavy atom. The number of rotatable bonds is 6. The maximum atomic E-state index is 12.8. The highest BCUT2D eigenvalue weighted by Gasteiger charge is 2.48. The zero-order valence-electron chi connectivity index (χ0n) is 11.3. The van der Waals surface area contributed by atoms with Crippen LogP contribution in [0.25, 0.3) is 0 Å². The van der Waals surface area contributed by atoms with Crippen molar-refractivity contribution >= 4 is 5.97 Å². The maximum absolute atomic E-state index is 12.8. The first kappa shape index (κ1) is 14.2. The third-order valence-electron chi connectivity index (χ3n) is 5.08. The number of carbonyl (C=O) groups is 1. The third kappa shape index (κ3) is 2.68. The fraction of sp³-hybridized carbons (Fsp3) is 0.929. The van der Waals surface area contributed by atoms with Crippen LogP contribution in [-0.4, -0.2) is 36.5 Å². The number of hydrogen-bond acceptors (Lipinski definition) is 3. The Balaban J connectivity index is 1.44. The summed E-state index contributed by atoms with van der Waals surface area (Å²) in [5, 5.41) is 8.28. The SMILES string of the molecule is O=C(O)C(F)(F)COCOC1C2CC3CC(C2)CC1C3. The van der Waals surface area contributed by atoms with Crippen LogP contribution in [0, 0.1) is 23.7 Å². The second-order valence-corrected chi connectivity index (χ2v) is 6.54. The first-order chi connectivity index (χ1) is 9.45. The molecule has 0 radical (unpaired) electrons. The Kier molecular flexibility index (Phi) is 3.71. The molecule has 4 bridgehead atoms. The Morgan fingerprint density at radius 1 is 1.10 bits per heavy atom. The lowest BCUT2D eigenvalue weighted by molar-refractivity contribution is -0.202. The highest BCUT2D eigenvalue weighted by Crippen LogP contribution is 2.54. The molecule has 4 aliphatic carbocycles. The van der Waals surface area contributed by atoms with E-state index < -0.39 is 18.5 Å². The predicted molar refractivity (Wildman–Crippen MR) is 65.3 cm³/mol. The topological polar surface area (TPSA) is 55.8 Å². The van der Waals surface area contributed by atoms with Crippen molar-refractivity contribution in [3.63, 3.8) is 0 Å². The molecule has 0 unspecified atom stereocenters. The first-order valence-corrected chi connectivity index (χ1v) is 7.26.